The molecule has 1 atom stereocenters. The Balaban J connectivity index is 1.99. The van der Waals surface area contributed by atoms with Gasteiger partial charge < -0.3 is 9.80 Å². The van der Waals surface area contributed by atoms with Crippen molar-refractivity contribution in [2.45, 2.75) is 6.04 Å². The Morgan fingerprint density at radius 1 is 1.20 bits per heavy atom. The molecule has 106 valence electrons. The summed E-state index contributed by atoms with van der Waals surface area (Å²) in [5.74, 6) is 0. The van der Waals surface area contributed by atoms with E-state index in [-0.39, 0.29) is 12.1 Å². The van der Waals surface area contributed by atoms with E-state index in [1.54, 1.807) is 19.0 Å². The van der Waals surface area contributed by atoms with Crippen LogP contribution >= 0.6 is 0 Å². The Morgan fingerprint density at radius 3 is 2.30 bits per heavy atom. The number of amides is 2. The van der Waals surface area contributed by atoms with Crippen LogP contribution in [0.5, 0.6) is 0 Å². The molecule has 1 aromatic carbocycles. The van der Waals surface area contributed by atoms with Gasteiger partial charge in [0.1, 0.15) is 6.04 Å². The van der Waals surface area contributed by atoms with Gasteiger partial charge in [0.15, 0.2) is 0 Å². The van der Waals surface area contributed by atoms with Gasteiger partial charge in [0.2, 0.25) is 0 Å². The summed E-state index contributed by atoms with van der Waals surface area (Å²) in [7, 11) is 3.52. The van der Waals surface area contributed by atoms with Gasteiger partial charge in [0.05, 0.1) is 6.07 Å². The number of rotatable bonds is 2. The summed E-state index contributed by atoms with van der Waals surface area (Å²) in [5.41, 5.74) is 1.02. The molecule has 2 amide bonds. The lowest BCUT2D eigenvalue weighted by Crippen LogP contribution is -2.52. The SMILES string of the molecule is CN(C)C(=O)N1CCN(C(C#N)c2ccccc2)CC1. The second kappa shape index (κ2) is 6.40. The van der Waals surface area contributed by atoms with Crippen molar-refractivity contribution in [2.24, 2.45) is 0 Å². The monoisotopic (exact) mass is 272 g/mol. The molecule has 0 aliphatic carbocycles. The van der Waals surface area contributed by atoms with Crippen molar-refractivity contribution in [3.8, 4) is 6.07 Å². The molecule has 5 nitrogen and oxygen atoms in total. The molecule has 2 rings (SSSR count). The van der Waals surface area contributed by atoms with Crippen LogP contribution in [0, 0.1) is 11.3 Å². The highest BCUT2D eigenvalue weighted by Gasteiger charge is 2.27. The second-order valence-electron chi connectivity index (χ2n) is 5.14. The third-order valence-electron chi connectivity index (χ3n) is 3.57. The van der Waals surface area contributed by atoms with Crippen molar-refractivity contribution in [1.29, 1.82) is 5.26 Å². The summed E-state index contributed by atoms with van der Waals surface area (Å²) >= 11 is 0. The maximum Gasteiger partial charge on any atom is 0.319 e. The highest BCUT2D eigenvalue weighted by atomic mass is 16.2. The lowest BCUT2D eigenvalue weighted by Gasteiger charge is -2.37. The minimum absolute atomic E-state index is 0.0397. The average Bonchev–Trinajstić information content (AvgIpc) is 2.49. The van der Waals surface area contributed by atoms with Gasteiger partial charge in [-0.1, -0.05) is 30.3 Å². The highest BCUT2D eigenvalue weighted by molar-refractivity contribution is 5.73. The Bertz CT molecular complexity index is 486. The van der Waals surface area contributed by atoms with Crippen LogP contribution in [0.4, 0.5) is 4.79 Å². The first-order chi connectivity index (χ1) is 9.63. The summed E-state index contributed by atoms with van der Waals surface area (Å²) in [6.45, 7) is 2.80. The minimum Gasteiger partial charge on any atom is -0.331 e. The van der Waals surface area contributed by atoms with E-state index in [2.05, 4.69) is 11.0 Å². The fourth-order valence-corrected chi connectivity index (χ4v) is 2.46. The van der Waals surface area contributed by atoms with Crippen LogP contribution in [-0.2, 0) is 0 Å². The first-order valence-electron chi connectivity index (χ1n) is 6.78. The van der Waals surface area contributed by atoms with E-state index in [0.717, 1.165) is 18.7 Å². The third-order valence-corrected chi connectivity index (χ3v) is 3.57. The molecule has 0 bridgehead atoms. The van der Waals surface area contributed by atoms with Gasteiger partial charge in [-0.15, -0.1) is 0 Å². The van der Waals surface area contributed by atoms with E-state index in [4.69, 9.17) is 0 Å². The molecule has 1 aliphatic heterocycles. The fraction of sp³-hybridized carbons (Fsp3) is 0.467. The number of carbonyl (C=O) groups excluding carboxylic acids is 1. The Hall–Kier alpha value is -2.06. The summed E-state index contributed by atoms with van der Waals surface area (Å²) in [4.78, 5) is 17.4. The molecular formula is C15H20N4O. The van der Waals surface area contributed by atoms with Crippen molar-refractivity contribution >= 4 is 6.03 Å². The van der Waals surface area contributed by atoms with Crippen molar-refractivity contribution in [2.75, 3.05) is 40.3 Å². The predicted octanol–water partition coefficient (Wildman–Crippen LogP) is 1.55. The number of nitrogens with zero attached hydrogens (tertiary/aromatic N) is 4. The molecule has 1 aliphatic rings. The molecule has 5 heteroatoms. The molecule has 0 N–H and O–H groups in total. The van der Waals surface area contributed by atoms with Crippen molar-refractivity contribution in [3.05, 3.63) is 35.9 Å². The van der Waals surface area contributed by atoms with E-state index in [0.29, 0.717) is 13.1 Å². The standard InChI is InChI=1S/C15H20N4O/c1-17(2)15(20)19-10-8-18(9-11-19)14(12-16)13-6-4-3-5-7-13/h3-7,14H,8-11H2,1-2H3. The number of benzene rings is 1. The minimum atomic E-state index is -0.229. The summed E-state index contributed by atoms with van der Waals surface area (Å²) in [5, 5.41) is 9.41. The number of piperazine rings is 1. The number of hydrogen-bond donors (Lipinski definition) is 0. The third kappa shape index (κ3) is 3.09. The van der Waals surface area contributed by atoms with Gasteiger partial charge in [-0.3, -0.25) is 4.90 Å². The van der Waals surface area contributed by atoms with Crippen LogP contribution in [0.1, 0.15) is 11.6 Å². The van der Waals surface area contributed by atoms with Crippen LogP contribution in [0.25, 0.3) is 0 Å². The van der Waals surface area contributed by atoms with E-state index in [9.17, 15) is 10.1 Å². The Labute approximate surface area is 120 Å². The maximum absolute atomic E-state index is 11.9. The fourth-order valence-electron chi connectivity index (χ4n) is 2.46. The zero-order chi connectivity index (χ0) is 14.5. The highest BCUT2D eigenvalue weighted by Crippen LogP contribution is 2.21. The van der Waals surface area contributed by atoms with Crippen LogP contribution in [0.2, 0.25) is 0 Å². The van der Waals surface area contributed by atoms with E-state index in [1.165, 1.54) is 0 Å². The predicted molar refractivity (Wildman–Crippen MR) is 77.0 cm³/mol. The first-order valence-corrected chi connectivity index (χ1v) is 6.78. The van der Waals surface area contributed by atoms with E-state index < -0.39 is 0 Å². The van der Waals surface area contributed by atoms with Gasteiger partial charge in [0.25, 0.3) is 0 Å². The largest absolute Gasteiger partial charge is 0.331 e. The maximum atomic E-state index is 11.9. The molecule has 0 aromatic heterocycles. The summed E-state index contributed by atoms with van der Waals surface area (Å²) in [6, 6.07) is 12.0. The van der Waals surface area contributed by atoms with Gasteiger partial charge in [-0.05, 0) is 5.56 Å². The molecule has 0 saturated carbocycles. The summed E-state index contributed by atoms with van der Waals surface area (Å²) < 4.78 is 0. The normalized spacial score (nSPS) is 17.4. The molecule has 1 aromatic rings. The van der Waals surface area contributed by atoms with Gasteiger partial charge in [-0.25, -0.2) is 4.79 Å². The molecule has 20 heavy (non-hydrogen) atoms. The molecule has 1 fully saturated rings. The van der Waals surface area contributed by atoms with Crippen LogP contribution in [-0.4, -0.2) is 61.0 Å². The van der Waals surface area contributed by atoms with E-state index in [1.807, 2.05) is 35.2 Å². The average molecular weight is 272 g/mol. The van der Waals surface area contributed by atoms with Gasteiger partial charge >= 0.3 is 6.03 Å². The zero-order valence-electron chi connectivity index (χ0n) is 12.0. The Morgan fingerprint density at radius 2 is 1.80 bits per heavy atom. The van der Waals surface area contributed by atoms with E-state index >= 15 is 0 Å². The molecule has 1 heterocycles. The van der Waals surface area contributed by atoms with Gasteiger partial charge in [0, 0.05) is 40.3 Å². The van der Waals surface area contributed by atoms with Crippen molar-refractivity contribution < 1.29 is 4.79 Å². The first kappa shape index (κ1) is 14.4. The molecule has 0 radical (unpaired) electrons. The number of hydrogen-bond acceptors (Lipinski definition) is 3. The Kier molecular flexibility index (Phi) is 4.59. The van der Waals surface area contributed by atoms with Crippen molar-refractivity contribution in [1.82, 2.24) is 14.7 Å². The smallest absolute Gasteiger partial charge is 0.319 e. The lowest BCUT2D eigenvalue weighted by molar-refractivity contribution is 0.111. The van der Waals surface area contributed by atoms with Crippen molar-refractivity contribution in [3.63, 3.8) is 0 Å². The lowest BCUT2D eigenvalue weighted by atomic mass is 10.1. The quantitative estimate of drug-likeness (QED) is 0.821. The molecule has 1 saturated heterocycles. The van der Waals surface area contributed by atoms with Crippen LogP contribution in [0.3, 0.4) is 0 Å². The number of urea groups is 1. The number of carbonyl (C=O) groups is 1. The molecule has 1 unspecified atom stereocenters. The number of nitriles is 1. The van der Waals surface area contributed by atoms with Gasteiger partial charge in [-0.2, -0.15) is 5.26 Å². The summed E-state index contributed by atoms with van der Waals surface area (Å²) in [6.07, 6.45) is 0. The second-order valence-corrected chi connectivity index (χ2v) is 5.14. The molecular weight excluding hydrogens is 252 g/mol. The molecule has 0 spiro atoms. The zero-order valence-corrected chi connectivity index (χ0v) is 12.0. The topological polar surface area (TPSA) is 50.6 Å². The van der Waals surface area contributed by atoms with Crippen LogP contribution in [0.15, 0.2) is 30.3 Å². The van der Waals surface area contributed by atoms with Crippen LogP contribution < -0.4 is 0 Å².